The number of rotatable bonds is 47. The van der Waals surface area contributed by atoms with Crippen LogP contribution in [-0.2, 0) is 61.9 Å². The fourth-order valence-electron chi connectivity index (χ4n) is 8.37. The number of likely N-dealkylation sites (N-methyl/N-ethyl adjacent to an activating group) is 1. The fourth-order valence-corrected chi connectivity index (χ4v) is 8.37. The lowest BCUT2D eigenvalue weighted by atomic mass is 10.1. The van der Waals surface area contributed by atoms with Crippen molar-refractivity contribution in [3.05, 3.63) is 12.2 Å². The van der Waals surface area contributed by atoms with Crippen molar-refractivity contribution in [3.63, 3.8) is 0 Å². The number of ether oxygens (including phenoxy) is 7. The van der Waals surface area contributed by atoms with E-state index in [1.165, 1.54) is 14.7 Å². The minimum absolute atomic E-state index is 0.0620. The van der Waals surface area contributed by atoms with Crippen molar-refractivity contribution >= 4 is 41.9 Å². The predicted molar refractivity (Wildman–Crippen MR) is 290 cm³/mol. The van der Waals surface area contributed by atoms with Gasteiger partial charge in [-0.15, -0.1) is 0 Å². The molecule has 0 aromatic rings. The van der Waals surface area contributed by atoms with Crippen LogP contribution >= 0.6 is 0 Å². The average molecular weight is 1070 g/mol. The van der Waals surface area contributed by atoms with Crippen LogP contribution in [0.2, 0.25) is 0 Å². The summed E-state index contributed by atoms with van der Waals surface area (Å²) >= 11 is 0. The van der Waals surface area contributed by atoms with Gasteiger partial charge in [-0.2, -0.15) is 0 Å². The van der Waals surface area contributed by atoms with Crippen LogP contribution in [0.5, 0.6) is 0 Å². The van der Waals surface area contributed by atoms with Crippen LogP contribution in [0.1, 0.15) is 195 Å². The van der Waals surface area contributed by atoms with Gasteiger partial charge in [0, 0.05) is 6.54 Å². The van der Waals surface area contributed by atoms with E-state index in [-0.39, 0.29) is 85.3 Å². The lowest BCUT2D eigenvalue weighted by molar-refractivity contribution is -0.154. The van der Waals surface area contributed by atoms with Crippen LogP contribution in [0.15, 0.2) is 12.2 Å². The van der Waals surface area contributed by atoms with Gasteiger partial charge in [0.2, 0.25) is 0 Å². The van der Waals surface area contributed by atoms with E-state index in [0.717, 1.165) is 128 Å². The van der Waals surface area contributed by atoms with Gasteiger partial charge in [0.25, 0.3) is 0 Å². The average Bonchev–Trinajstić information content (AvgIpc) is 3.58. The van der Waals surface area contributed by atoms with E-state index in [0.29, 0.717) is 32.2 Å². The number of esters is 6. The second kappa shape index (κ2) is 47.0. The molecule has 0 N–H and O–H groups in total. The van der Waals surface area contributed by atoms with E-state index >= 15 is 0 Å². The zero-order valence-electron chi connectivity index (χ0n) is 47.6. The molecule has 0 aromatic heterocycles. The lowest BCUT2D eigenvalue weighted by Gasteiger charge is -2.35. The molecular weight excluding hydrogens is 965 g/mol. The first-order chi connectivity index (χ1) is 36.3. The smallest absolute Gasteiger partial charge is 0.410 e. The normalized spacial score (nSPS) is 14.4. The summed E-state index contributed by atoms with van der Waals surface area (Å²) in [6.07, 6.45) is 28.0. The Balaban J connectivity index is 3.12. The van der Waals surface area contributed by atoms with Crippen molar-refractivity contribution in [3.8, 4) is 0 Å². The molecule has 0 spiro atoms. The van der Waals surface area contributed by atoms with Gasteiger partial charge in [-0.05, 0) is 52.6 Å². The summed E-state index contributed by atoms with van der Waals surface area (Å²) < 4.78 is 39.2. The maximum atomic E-state index is 13.9. The molecule has 0 aliphatic carbocycles. The molecule has 1 aliphatic heterocycles. The first-order valence-electron chi connectivity index (χ1n) is 29.0. The predicted octanol–water partition coefficient (Wildman–Crippen LogP) is 9.38. The Morgan fingerprint density at radius 1 is 0.373 bits per heavy atom. The third-order valence-corrected chi connectivity index (χ3v) is 12.8. The van der Waals surface area contributed by atoms with Crippen LogP contribution in [-0.4, -0.2) is 180 Å². The second-order valence-electron chi connectivity index (χ2n) is 20.2. The van der Waals surface area contributed by atoms with E-state index in [4.69, 9.17) is 33.2 Å². The number of amides is 1. The van der Waals surface area contributed by atoms with E-state index in [1.807, 2.05) is 31.1 Å². The number of unbranched alkanes of at least 4 members (excludes halogenated alkanes) is 20. The molecule has 1 aliphatic rings. The molecule has 1 rings (SSSR count). The van der Waals surface area contributed by atoms with Crippen LogP contribution in [0.4, 0.5) is 4.79 Å². The lowest BCUT2D eigenvalue weighted by Crippen LogP contribution is -2.51. The van der Waals surface area contributed by atoms with Gasteiger partial charge in [0.15, 0.2) is 0 Å². The topological polar surface area (TPSA) is 197 Å². The van der Waals surface area contributed by atoms with Gasteiger partial charge in [0.1, 0.15) is 19.8 Å². The highest BCUT2D eigenvalue weighted by Crippen LogP contribution is 2.21. The first-order valence-corrected chi connectivity index (χ1v) is 29.0. The molecule has 0 unspecified atom stereocenters. The molecule has 0 saturated heterocycles. The molecule has 0 aromatic carbocycles. The zero-order valence-corrected chi connectivity index (χ0v) is 47.6. The standard InChI is InChI=1S/C57H102N4O14/c1-7-11-15-19-23-29-36-69-51(62)41-59(42-52(63)70-37-30-24-20-16-12-8-2)45-55(66)74-47-49-33-27-28-34-50(61(49)57(68)73-40-35-58(5)6)48-75-56(67)46-60(43-53(64)71-38-31-25-21-17-13-9-3)44-54(65)72-39-32-26-22-18-14-10-4/h27-28,49-50H,7-26,29-48H2,1-6H3/t49-,50-/m0/s1. The molecular formula is C57H102N4O14. The Bertz CT molecular complexity index is 1400. The van der Waals surface area contributed by atoms with Crippen LogP contribution in [0.3, 0.4) is 0 Å². The maximum absolute atomic E-state index is 13.9. The minimum Gasteiger partial charge on any atom is -0.465 e. The third-order valence-electron chi connectivity index (χ3n) is 12.8. The van der Waals surface area contributed by atoms with Gasteiger partial charge in [-0.3, -0.25) is 43.5 Å². The molecule has 0 saturated carbocycles. The Morgan fingerprint density at radius 2 is 0.640 bits per heavy atom. The number of carbonyl (C=O) groups is 7. The Hall–Kier alpha value is -4.29. The van der Waals surface area contributed by atoms with Crippen molar-refractivity contribution in [2.75, 3.05) is 106 Å². The zero-order chi connectivity index (χ0) is 55.2. The van der Waals surface area contributed by atoms with Crippen LogP contribution in [0, 0.1) is 0 Å². The molecule has 434 valence electrons. The van der Waals surface area contributed by atoms with E-state index in [1.54, 1.807) is 0 Å². The van der Waals surface area contributed by atoms with Gasteiger partial charge in [-0.1, -0.05) is 168 Å². The number of nitrogens with zero attached hydrogens (tertiary/aromatic N) is 4. The molecule has 0 fully saturated rings. The molecule has 0 bridgehead atoms. The Kier molecular flexibility index (Phi) is 43.0. The van der Waals surface area contributed by atoms with Gasteiger partial charge < -0.3 is 38.1 Å². The fraction of sp³-hybridized carbons (Fsp3) is 0.842. The summed E-state index contributed by atoms with van der Waals surface area (Å²) in [7, 11) is 3.69. The van der Waals surface area contributed by atoms with Gasteiger partial charge in [0.05, 0.1) is 77.8 Å². The first kappa shape index (κ1) is 68.7. The van der Waals surface area contributed by atoms with E-state index < -0.39 is 67.1 Å². The molecule has 0 radical (unpaired) electrons. The summed E-state index contributed by atoms with van der Waals surface area (Å²) in [6.45, 7) is 7.31. The largest absolute Gasteiger partial charge is 0.465 e. The van der Waals surface area contributed by atoms with Crippen molar-refractivity contribution < 1.29 is 66.7 Å². The van der Waals surface area contributed by atoms with E-state index in [2.05, 4.69) is 27.7 Å². The SMILES string of the molecule is CCCCCCCCOC(=O)CN(CC(=O)OCCCCCCCC)CC(=O)OC[C@@H]1CC=CC[C@@H](COC(=O)CN(CC(=O)OCCCCCCCC)CC(=O)OCCCCCCCC)N1C(=O)OCCN(C)C. The summed E-state index contributed by atoms with van der Waals surface area (Å²) in [5.41, 5.74) is 0. The molecule has 75 heavy (non-hydrogen) atoms. The number of hydrogen-bond donors (Lipinski definition) is 0. The Morgan fingerprint density at radius 3 is 0.920 bits per heavy atom. The van der Waals surface area contributed by atoms with E-state index in [9.17, 15) is 33.6 Å². The molecule has 2 atom stereocenters. The molecule has 1 amide bonds. The quantitative estimate of drug-likeness (QED) is 0.0242. The Labute approximate surface area is 451 Å². The maximum Gasteiger partial charge on any atom is 0.410 e. The summed E-state index contributed by atoms with van der Waals surface area (Å²) in [5, 5.41) is 0. The number of carbonyl (C=O) groups excluding carboxylic acids is 7. The second-order valence-corrected chi connectivity index (χ2v) is 20.2. The molecule has 1 heterocycles. The van der Waals surface area contributed by atoms with Crippen LogP contribution in [0.25, 0.3) is 0 Å². The highest BCUT2D eigenvalue weighted by molar-refractivity contribution is 5.79. The van der Waals surface area contributed by atoms with Crippen molar-refractivity contribution in [1.82, 2.24) is 19.6 Å². The minimum atomic E-state index is -0.749. The van der Waals surface area contributed by atoms with Crippen LogP contribution < -0.4 is 0 Å². The molecule has 18 nitrogen and oxygen atoms in total. The summed E-state index contributed by atoms with van der Waals surface area (Å²) in [5.74, 6) is -3.78. The summed E-state index contributed by atoms with van der Waals surface area (Å²) in [6, 6.07) is -1.50. The van der Waals surface area contributed by atoms with Crippen molar-refractivity contribution in [2.45, 2.75) is 207 Å². The highest BCUT2D eigenvalue weighted by Gasteiger charge is 2.35. The highest BCUT2D eigenvalue weighted by atomic mass is 16.6. The van der Waals surface area contributed by atoms with Gasteiger partial charge >= 0.3 is 41.9 Å². The van der Waals surface area contributed by atoms with Gasteiger partial charge in [-0.25, -0.2) is 4.79 Å². The van der Waals surface area contributed by atoms with Crippen molar-refractivity contribution in [2.24, 2.45) is 0 Å². The molecule has 18 heteroatoms. The summed E-state index contributed by atoms with van der Waals surface area (Å²) in [4.78, 5) is 98.9. The third kappa shape index (κ3) is 38.8. The number of hydrogen-bond acceptors (Lipinski definition) is 17. The monoisotopic (exact) mass is 1070 g/mol. The van der Waals surface area contributed by atoms with Crippen molar-refractivity contribution in [1.29, 1.82) is 0 Å².